The number of piperidine rings is 1. The molecule has 0 aromatic heterocycles. The Bertz CT molecular complexity index is 476. The lowest BCUT2D eigenvalue weighted by atomic mass is 10.00. The monoisotopic (exact) mass is 273 g/mol. The van der Waals surface area contributed by atoms with Crippen molar-refractivity contribution in [1.82, 2.24) is 10.4 Å². The predicted octanol–water partition coefficient (Wildman–Crippen LogP) is 2.62. The fraction of sp³-hybridized carbons (Fsp3) is 0.467. The Labute approximate surface area is 119 Å². The van der Waals surface area contributed by atoms with E-state index in [1.54, 1.807) is 4.90 Å². The molecule has 1 amide bonds. The highest BCUT2D eigenvalue weighted by Gasteiger charge is 2.22. The van der Waals surface area contributed by atoms with E-state index < -0.39 is 12.1 Å². The summed E-state index contributed by atoms with van der Waals surface area (Å²) in [5, 5.41) is 9.12. The van der Waals surface area contributed by atoms with E-state index in [9.17, 15) is 4.79 Å². The zero-order chi connectivity index (χ0) is 14.4. The zero-order valence-corrected chi connectivity index (χ0v) is 11.6. The lowest BCUT2D eigenvalue weighted by Gasteiger charge is -2.29. The molecule has 0 radical (unpaired) electrons. The van der Waals surface area contributed by atoms with Crippen molar-refractivity contribution in [3.05, 3.63) is 35.9 Å². The number of carbonyl (C=O) groups excluding carboxylic acids is 1. The van der Waals surface area contributed by atoms with Crippen molar-refractivity contribution in [3.8, 4) is 6.07 Å². The number of hydrogen-bond acceptors (Lipinski definition) is 4. The number of benzene rings is 1. The fourth-order valence-electron chi connectivity index (χ4n) is 2.18. The van der Waals surface area contributed by atoms with Gasteiger partial charge in [-0.05, 0) is 24.3 Å². The fourth-order valence-corrected chi connectivity index (χ4v) is 2.18. The number of nitriles is 1. The molecule has 2 rings (SSSR count). The number of hydroxylamine groups is 1. The summed E-state index contributed by atoms with van der Waals surface area (Å²) in [6.45, 7) is 3.61. The van der Waals surface area contributed by atoms with Gasteiger partial charge in [-0.1, -0.05) is 37.3 Å². The van der Waals surface area contributed by atoms with Crippen LogP contribution in [0.2, 0.25) is 0 Å². The normalized spacial score (nSPS) is 17.3. The van der Waals surface area contributed by atoms with Crippen LogP contribution in [-0.4, -0.2) is 24.1 Å². The van der Waals surface area contributed by atoms with Crippen LogP contribution in [0, 0.1) is 17.2 Å². The Balaban J connectivity index is 1.85. The summed E-state index contributed by atoms with van der Waals surface area (Å²) in [5.74, 6) is 0.656. The number of rotatable bonds is 3. The maximum Gasteiger partial charge on any atom is 0.428 e. The van der Waals surface area contributed by atoms with Gasteiger partial charge in [-0.2, -0.15) is 5.26 Å². The Morgan fingerprint density at radius 3 is 2.65 bits per heavy atom. The molecule has 1 heterocycles. The van der Waals surface area contributed by atoms with E-state index in [0.717, 1.165) is 18.4 Å². The second kappa shape index (κ2) is 6.92. The standard InChI is InChI=1S/C15H19N3O2/c1-12-7-9-18(10-8-12)15(19)20-17-14(11-16)13-5-3-2-4-6-13/h2-6,12,14,17H,7-10H2,1H3. The smallest absolute Gasteiger partial charge is 0.352 e. The maximum atomic E-state index is 11.9. The van der Waals surface area contributed by atoms with Crippen molar-refractivity contribution in [2.45, 2.75) is 25.8 Å². The average molecular weight is 273 g/mol. The third-order valence-corrected chi connectivity index (χ3v) is 3.57. The third-order valence-electron chi connectivity index (χ3n) is 3.57. The van der Waals surface area contributed by atoms with Crippen molar-refractivity contribution in [1.29, 1.82) is 5.26 Å². The Kier molecular flexibility index (Phi) is 4.97. The van der Waals surface area contributed by atoms with Crippen molar-refractivity contribution in [2.75, 3.05) is 13.1 Å². The van der Waals surface area contributed by atoms with Gasteiger partial charge in [0.2, 0.25) is 0 Å². The molecule has 1 N–H and O–H groups in total. The van der Waals surface area contributed by atoms with Gasteiger partial charge in [-0.3, -0.25) is 0 Å². The molecule has 0 spiro atoms. The first-order chi connectivity index (χ1) is 9.70. The Morgan fingerprint density at radius 1 is 1.40 bits per heavy atom. The summed E-state index contributed by atoms with van der Waals surface area (Å²) in [5.41, 5.74) is 3.31. The summed E-state index contributed by atoms with van der Waals surface area (Å²) in [6, 6.07) is 10.6. The maximum absolute atomic E-state index is 11.9. The molecule has 0 saturated carbocycles. The average Bonchev–Trinajstić information content (AvgIpc) is 2.49. The number of nitrogens with zero attached hydrogens (tertiary/aromatic N) is 2. The molecule has 5 heteroatoms. The molecule has 1 fully saturated rings. The second-order valence-corrected chi connectivity index (χ2v) is 5.13. The van der Waals surface area contributed by atoms with Crippen LogP contribution in [0.15, 0.2) is 30.3 Å². The third kappa shape index (κ3) is 3.72. The minimum absolute atomic E-state index is 0.409. The number of likely N-dealkylation sites (tertiary alicyclic amines) is 1. The topological polar surface area (TPSA) is 65.4 Å². The quantitative estimate of drug-likeness (QED) is 0.860. The van der Waals surface area contributed by atoms with Crippen LogP contribution < -0.4 is 5.48 Å². The molecule has 1 unspecified atom stereocenters. The Morgan fingerprint density at radius 2 is 2.05 bits per heavy atom. The lowest BCUT2D eigenvalue weighted by Crippen LogP contribution is -2.41. The van der Waals surface area contributed by atoms with E-state index in [1.165, 1.54) is 0 Å². The first kappa shape index (κ1) is 14.4. The first-order valence-corrected chi connectivity index (χ1v) is 6.86. The molecule has 106 valence electrons. The van der Waals surface area contributed by atoms with Crippen molar-refractivity contribution >= 4 is 6.09 Å². The van der Waals surface area contributed by atoms with Crippen molar-refractivity contribution in [3.63, 3.8) is 0 Å². The second-order valence-electron chi connectivity index (χ2n) is 5.13. The summed E-state index contributed by atoms with van der Waals surface area (Å²) < 4.78 is 0. The van der Waals surface area contributed by atoms with Crippen LogP contribution in [0.1, 0.15) is 31.4 Å². The van der Waals surface area contributed by atoms with Crippen molar-refractivity contribution in [2.24, 2.45) is 5.92 Å². The summed E-state index contributed by atoms with van der Waals surface area (Å²) in [6.07, 6.45) is 1.58. The molecule has 1 aromatic rings. The minimum Gasteiger partial charge on any atom is -0.352 e. The minimum atomic E-state index is -0.649. The van der Waals surface area contributed by atoms with Gasteiger partial charge in [-0.15, -0.1) is 5.48 Å². The van der Waals surface area contributed by atoms with Crippen LogP contribution in [0.4, 0.5) is 4.79 Å². The largest absolute Gasteiger partial charge is 0.428 e. The molecule has 20 heavy (non-hydrogen) atoms. The molecular formula is C15H19N3O2. The van der Waals surface area contributed by atoms with Gasteiger partial charge in [0.1, 0.15) is 0 Å². The van der Waals surface area contributed by atoms with Gasteiger partial charge in [0.25, 0.3) is 0 Å². The zero-order valence-electron chi connectivity index (χ0n) is 11.6. The molecule has 1 aliphatic heterocycles. The van der Waals surface area contributed by atoms with Gasteiger partial charge in [0.15, 0.2) is 6.04 Å². The molecule has 1 atom stereocenters. The highest BCUT2D eigenvalue weighted by Crippen LogP contribution is 2.17. The highest BCUT2D eigenvalue weighted by molar-refractivity contribution is 5.67. The number of amides is 1. The van der Waals surface area contributed by atoms with Gasteiger partial charge in [0, 0.05) is 13.1 Å². The van der Waals surface area contributed by atoms with Crippen LogP contribution in [0.5, 0.6) is 0 Å². The van der Waals surface area contributed by atoms with Crippen molar-refractivity contribution < 1.29 is 9.63 Å². The van der Waals surface area contributed by atoms with Crippen LogP contribution in [0.3, 0.4) is 0 Å². The highest BCUT2D eigenvalue weighted by atomic mass is 16.7. The van der Waals surface area contributed by atoms with E-state index in [4.69, 9.17) is 10.1 Å². The molecular weight excluding hydrogens is 254 g/mol. The van der Waals surface area contributed by atoms with E-state index in [2.05, 4.69) is 18.5 Å². The lowest BCUT2D eigenvalue weighted by molar-refractivity contribution is 0.0386. The summed E-state index contributed by atoms with van der Waals surface area (Å²) in [7, 11) is 0. The summed E-state index contributed by atoms with van der Waals surface area (Å²) in [4.78, 5) is 18.6. The Hall–Kier alpha value is -2.06. The van der Waals surface area contributed by atoms with Gasteiger partial charge in [-0.25, -0.2) is 4.79 Å². The molecule has 0 aliphatic carbocycles. The molecule has 1 aromatic carbocycles. The predicted molar refractivity (Wildman–Crippen MR) is 74.4 cm³/mol. The number of carbonyl (C=O) groups is 1. The van der Waals surface area contributed by atoms with Gasteiger partial charge in [0.05, 0.1) is 6.07 Å². The first-order valence-electron chi connectivity index (χ1n) is 6.86. The van der Waals surface area contributed by atoms with Crippen LogP contribution in [-0.2, 0) is 4.84 Å². The van der Waals surface area contributed by atoms with E-state index in [0.29, 0.717) is 19.0 Å². The number of nitrogens with one attached hydrogen (secondary N) is 1. The summed E-state index contributed by atoms with van der Waals surface area (Å²) >= 11 is 0. The van der Waals surface area contributed by atoms with E-state index in [-0.39, 0.29) is 0 Å². The van der Waals surface area contributed by atoms with Crippen LogP contribution >= 0.6 is 0 Å². The van der Waals surface area contributed by atoms with Crippen LogP contribution in [0.25, 0.3) is 0 Å². The van der Waals surface area contributed by atoms with E-state index >= 15 is 0 Å². The molecule has 1 aliphatic rings. The SMILES string of the molecule is CC1CCN(C(=O)ONC(C#N)c2ccccc2)CC1. The van der Waals surface area contributed by atoms with E-state index in [1.807, 2.05) is 30.3 Å². The van der Waals surface area contributed by atoms with Gasteiger partial charge >= 0.3 is 6.09 Å². The number of hydrogen-bond donors (Lipinski definition) is 1. The molecule has 0 bridgehead atoms. The molecule has 5 nitrogen and oxygen atoms in total. The molecule has 1 saturated heterocycles. The van der Waals surface area contributed by atoms with Gasteiger partial charge < -0.3 is 9.74 Å².